The Hall–Kier alpha value is -1.41. The molecule has 1 aliphatic heterocycles. The first kappa shape index (κ1) is 17.0. The largest absolute Gasteiger partial charge is 0.360 e. The standard InChI is InChI=1S/C14H23N3O4S/c1-9(2)14(18)15-12-5-7-17(8-6-12)22(19,20)13-10(3)16-21-11(13)4/h9,12H,5-8H2,1-4H3,(H,15,18). The Morgan fingerprint density at radius 2 is 1.91 bits per heavy atom. The van der Waals surface area contributed by atoms with Gasteiger partial charge < -0.3 is 9.84 Å². The number of aromatic nitrogens is 1. The van der Waals surface area contributed by atoms with E-state index in [9.17, 15) is 13.2 Å². The summed E-state index contributed by atoms with van der Waals surface area (Å²) in [5, 5.41) is 6.67. The Balaban J connectivity index is 2.04. The summed E-state index contributed by atoms with van der Waals surface area (Å²) in [6, 6.07) is 0.0334. The molecule has 1 aromatic heterocycles. The van der Waals surface area contributed by atoms with Gasteiger partial charge in [-0.05, 0) is 26.7 Å². The summed E-state index contributed by atoms with van der Waals surface area (Å²) in [5.74, 6) is 0.254. The number of carbonyl (C=O) groups is 1. The highest BCUT2D eigenvalue weighted by molar-refractivity contribution is 7.89. The zero-order valence-electron chi connectivity index (χ0n) is 13.4. The minimum atomic E-state index is -3.58. The number of hydrogen-bond donors (Lipinski definition) is 1. The lowest BCUT2D eigenvalue weighted by atomic mass is 10.1. The molecule has 1 aromatic rings. The van der Waals surface area contributed by atoms with Gasteiger partial charge in [0, 0.05) is 25.0 Å². The molecule has 1 fully saturated rings. The molecule has 2 rings (SSSR count). The number of aryl methyl sites for hydroxylation is 2. The lowest BCUT2D eigenvalue weighted by molar-refractivity contribution is -0.124. The second-order valence-electron chi connectivity index (χ2n) is 5.99. The van der Waals surface area contributed by atoms with Gasteiger partial charge in [-0.3, -0.25) is 4.79 Å². The summed E-state index contributed by atoms with van der Waals surface area (Å²) >= 11 is 0. The van der Waals surface area contributed by atoms with Gasteiger partial charge in [-0.1, -0.05) is 19.0 Å². The molecule has 0 bridgehead atoms. The fourth-order valence-electron chi connectivity index (χ4n) is 2.58. The number of nitrogens with one attached hydrogen (secondary N) is 1. The smallest absolute Gasteiger partial charge is 0.248 e. The van der Waals surface area contributed by atoms with Crippen LogP contribution >= 0.6 is 0 Å². The normalized spacial score (nSPS) is 17.9. The quantitative estimate of drug-likeness (QED) is 0.896. The fraction of sp³-hybridized carbons (Fsp3) is 0.714. The molecule has 0 radical (unpaired) electrons. The molecule has 0 unspecified atom stereocenters. The molecule has 124 valence electrons. The second kappa shape index (κ2) is 6.37. The molecule has 0 atom stereocenters. The summed E-state index contributed by atoms with van der Waals surface area (Å²) in [4.78, 5) is 11.9. The Morgan fingerprint density at radius 3 is 2.36 bits per heavy atom. The zero-order valence-corrected chi connectivity index (χ0v) is 14.2. The van der Waals surface area contributed by atoms with Crippen molar-refractivity contribution in [2.75, 3.05) is 13.1 Å². The highest BCUT2D eigenvalue weighted by Gasteiger charge is 2.34. The molecule has 8 heteroatoms. The van der Waals surface area contributed by atoms with Crippen molar-refractivity contribution in [3.05, 3.63) is 11.5 Å². The number of nitrogens with zero attached hydrogens (tertiary/aromatic N) is 2. The average molecular weight is 329 g/mol. The number of piperidine rings is 1. The number of amides is 1. The topological polar surface area (TPSA) is 92.5 Å². The SMILES string of the molecule is Cc1noc(C)c1S(=O)(=O)N1CCC(NC(=O)C(C)C)CC1. The molecule has 22 heavy (non-hydrogen) atoms. The first-order chi connectivity index (χ1) is 10.2. The fourth-order valence-corrected chi connectivity index (χ4v) is 4.34. The van der Waals surface area contributed by atoms with Gasteiger partial charge in [0.1, 0.15) is 10.6 Å². The van der Waals surface area contributed by atoms with Crippen molar-refractivity contribution in [1.82, 2.24) is 14.8 Å². The van der Waals surface area contributed by atoms with E-state index >= 15 is 0 Å². The summed E-state index contributed by atoms with van der Waals surface area (Å²) < 4.78 is 31.7. The van der Waals surface area contributed by atoms with Gasteiger partial charge in [-0.2, -0.15) is 4.31 Å². The van der Waals surface area contributed by atoms with Crippen molar-refractivity contribution in [2.45, 2.75) is 51.5 Å². The van der Waals surface area contributed by atoms with E-state index in [0.29, 0.717) is 37.4 Å². The average Bonchev–Trinajstić information content (AvgIpc) is 2.79. The predicted molar refractivity (Wildman–Crippen MR) is 80.7 cm³/mol. The van der Waals surface area contributed by atoms with E-state index in [1.807, 2.05) is 13.8 Å². The third-order valence-corrected chi connectivity index (χ3v) is 6.03. The van der Waals surface area contributed by atoms with Crippen LogP contribution in [0, 0.1) is 19.8 Å². The maximum atomic E-state index is 12.7. The number of carbonyl (C=O) groups excluding carboxylic acids is 1. The third-order valence-electron chi connectivity index (χ3n) is 3.89. The first-order valence-electron chi connectivity index (χ1n) is 7.47. The summed E-state index contributed by atoms with van der Waals surface area (Å²) in [7, 11) is -3.58. The van der Waals surface area contributed by atoms with Crippen LogP contribution in [-0.2, 0) is 14.8 Å². The van der Waals surface area contributed by atoms with E-state index in [0.717, 1.165) is 0 Å². The second-order valence-corrected chi connectivity index (χ2v) is 7.87. The Morgan fingerprint density at radius 1 is 1.32 bits per heavy atom. The molecule has 1 N–H and O–H groups in total. The number of rotatable bonds is 4. The molecular weight excluding hydrogens is 306 g/mol. The van der Waals surface area contributed by atoms with Gasteiger partial charge in [0.15, 0.2) is 5.76 Å². The first-order valence-corrected chi connectivity index (χ1v) is 8.91. The summed E-state index contributed by atoms with van der Waals surface area (Å²) in [5.41, 5.74) is 0.382. The van der Waals surface area contributed by atoms with Crippen LogP contribution in [0.4, 0.5) is 0 Å². The zero-order chi connectivity index (χ0) is 16.5. The minimum Gasteiger partial charge on any atom is -0.360 e. The van der Waals surface area contributed by atoms with Crippen LogP contribution in [0.15, 0.2) is 9.42 Å². The minimum absolute atomic E-state index is 0.00651. The molecule has 0 spiro atoms. The van der Waals surface area contributed by atoms with E-state index in [1.165, 1.54) is 4.31 Å². The number of hydrogen-bond acceptors (Lipinski definition) is 5. The van der Waals surface area contributed by atoms with Crippen LogP contribution in [0.3, 0.4) is 0 Å². The van der Waals surface area contributed by atoms with E-state index < -0.39 is 10.0 Å². The van der Waals surface area contributed by atoms with Crippen LogP contribution in [0.25, 0.3) is 0 Å². The van der Waals surface area contributed by atoms with Crippen LogP contribution in [-0.4, -0.2) is 42.9 Å². The predicted octanol–water partition coefficient (Wildman–Crippen LogP) is 1.22. The van der Waals surface area contributed by atoms with Gasteiger partial charge in [0.05, 0.1) is 0 Å². The molecule has 1 aliphatic rings. The third kappa shape index (κ3) is 3.33. The van der Waals surface area contributed by atoms with Crippen LogP contribution < -0.4 is 5.32 Å². The van der Waals surface area contributed by atoms with Crippen LogP contribution in [0.1, 0.15) is 38.1 Å². The van der Waals surface area contributed by atoms with Gasteiger partial charge in [-0.15, -0.1) is 0 Å². The maximum absolute atomic E-state index is 12.7. The molecule has 1 amide bonds. The van der Waals surface area contributed by atoms with Crippen molar-refractivity contribution in [2.24, 2.45) is 5.92 Å². The molecular formula is C14H23N3O4S. The van der Waals surface area contributed by atoms with Crippen molar-refractivity contribution < 1.29 is 17.7 Å². The van der Waals surface area contributed by atoms with E-state index in [-0.39, 0.29) is 22.8 Å². The molecule has 0 aromatic carbocycles. The highest BCUT2D eigenvalue weighted by atomic mass is 32.2. The molecule has 7 nitrogen and oxygen atoms in total. The van der Waals surface area contributed by atoms with Crippen molar-refractivity contribution in [3.8, 4) is 0 Å². The Bertz CT molecular complexity index is 624. The molecule has 0 saturated carbocycles. The summed E-state index contributed by atoms with van der Waals surface area (Å²) in [6.45, 7) is 7.67. The van der Waals surface area contributed by atoms with Gasteiger partial charge in [0.2, 0.25) is 15.9 Å². The van der Waals surface area contributed by atoms with E-state index in [2.05, 4.69) is 10.5 Å². The monoisotopic (exact) mass is 329 g/mol. The molecule has 0 aliphatic carbocycles. The van der Waals surface area contributed by atoms with Crippen molar-refractivity contribution >= 4 is 15.9 Å². The number of sulfonamides is 1. The molecule has 1 saturated heterocycles. The molecule has 2 heterocycles. The van der Waals surface area contributed by atoms with Gasteiger partial charge >= 0.3 is 0 Å². The highest BCUT2D eigenvalue weighted by Crippen LogP contribution is 2.25. The lowest BCUT2D eigenvalue weighted by Crippen LogP contribution is -2.47. The lowest BCUT2D eigenvalue weighted by Gasteiger charge is -2.31. The van der Waals surface area contributed by atoms with Gasteiger partial charge in [-0.25, -0.2) is 8.42 Å². The van der Waals surface area contributed by atoms with Crippen molar-refractivity contribution in [1.29, 1.82) is 0 Å². The van der Waals surface area contributed by atoms with Crippen LogP contribution in [0.5, 0.6) is 0 Å². The van der Waals surface area contributed by atoms with E-state index in [4.69, 9.17) is 4.52 Å². The van der Waals surface area contributed by atoms with Crippen LogP contribution in [0.2, 0.25) is 0 Å². The van der Waals surface area contributed by atoms with Crippen molar-refractivity contribution in [3.63, 3.8) is 0 Å². The van der Waals surface area contributed by atoms with E-state index in [1.54, 1.807) is 13.8 Å². The Labute approximate surface area is 131 Å². The maximum Gasteiger partial charge on any atom is 0.248 e. The Kier molecular flexibility index (Phi) is 4.91. The van der Waals surface area contributed by atoms with Gasteiger partial charge in [0.25, 0.3) is 0 Å². The summed E-state index contributed by atoms with van der Waals surface area (Å²) in [6.07, 6.45) is 1.22.